The molecule has 1 rings (SSSR count). The van der Waals surface area contributed by atoms with Crippen LogP contribution in [-0.2, 0) is 0 Å². The van der Waals surface area contributed by atoms with Crippen molar-refractivity contribution >= 4 is 11.6 Å². The Morgan fingerprint density at radius 1 is 1.44 bits per heavy atom. The van der Waals surface area contributed by atoms with Gasteiger partial charge in [-0.3, -0.25) is 4.79 Å². The van der Waals surface area contributed by atoms with Crippen LogP contribution in [0.5, 0.6) is 0 Å². The smallest absolute Gasteiger partial charge is 0.251 e. The number of nitrogens with one attached hydrogen (secondary N) is 1. The number of hydrogen-bond acceptors (Lipinski definition) is 3. The zero-order chi connectivity index (χ0) is 12.3. The second kappa shape index (κ2) is 4.89. The largest absolute Gasteiger partial charge is 0.379 e. The molecular formula is C10H13F2N3O. The summed E-state index contributed by atoms with van der Waals surface area (Å²) in [4.78, 5) is 10.8. The quantitative estimate of drug-likeness (QED) is 0.715. The molecule has 1 unspecified atom stereocenters. The number of carbonyl (C=O) groups is 1. The fraction of sp³-hybridized carbons (Fsp3) is 0.300. The molecule has 0 spiro atoms. The summed E-state index contributed by atoms with van der Waals surface area (Å²) < 4.78 is 26.4. The normalized spacial score (nSPS) is 12.2. The average molecular weight is 229 g/mol. The highest BCUT2D eigenvalue weighted by Gasteiger charge is 2.14. The molecule has 1 aromatic carbocycles. The number of amides is 1. The molecular weight excluding hydrogens is 216 g/mol. The van der Waals surface area contributed by atoms with E-state index < -0.39 is 17.5 Å². The Balaban J connectivity index is 3.09. The Bertz CT molecular complexity index is 409. The Labute approximate surface area is 91.6 Å². The van der Waals surface area contributed by atoms with Gasteiger partial charge in [0.25, 0.3) is 5.91 Å². The molecule has 0 saturated carbocycles. The van der Waals surface area contributed by atoms with Gasteiger partial charge in [0.1, 0.15) is 11.6 Å². The summed E-state index contributed by atoms with van der Waals surface area (Å²) in [6.07, 6.45) is 0. The van der Waals surface area contributed by atoms with Crippen molar-refractivity contribution in [2.75, 3.05) is 11.9 Å². The molecule has 0 aliphatic rings. The third-order valence-corrected chi connectivity index (χ3v) is 2.08. The first-order valence-electron chi connectivity index (χ1n) is 4.71. The van der Waals surface area contributed by atoms with Gasteiger partial charge in [-0.05, 0) is 13.0 Å². The lowest BCUT2D eigenvalue weighted by atomic mass is 10.1. The van der Waals surface area contributed by atoms with E-state index in [1.54, 1.807) is 6.92 Å². The summed E-state index contributed by atoms with van der Waals surface area (Å²) >= 11 is 0. The summed E-state index contributed by atoms with van der Waals surface area (Å²) in [6.45, 7) is 2.01. The summed E-state index contributed by atoms with van der Waals surface area (Å²) in [6, 6.07) is 1.46. The predicted octanol–water partition coefficient (Wildman–Crippen LogP) is 0.823. The molecule has 16 heavy (non-hydrogen) atoms. The van der Waals surface area contributed by atoms with E-state index in [-0.39, 0.29) is 23.8 Å². The van der Waals surface area contributed by atoms with Gasteiger partial charge in [0, 0.05) is 18.7 Å². The molecule has 0 aliphatic carbocycles. The van der Waals surface area contributed by atoms with Crippen molar-refractivity contribution < 1.29 is 13.6 Å². The van der Waals surface area contributed by atoms with Gasteiger partial charge in [-0.15, -0.1) is 0 Å². The number of carbonyl (C=O) groups excluding carboxylic acids is 1. The Kier molecular flexibility index (Phi) is 3.78. The molecule has 0 heterocycles. The molecule has 0 radical (unpaired) electrons. The van der Waals surface area contributed by atoms with Crippen molar-refractivity contribution in [3.8, 4) is 0 Å². The van der Waals surface area contributed by atoms with Crippen molar-refractivity contribution in [3.63, 3.8) is 0 Å². The lowest BCUT2D eigenvalue weighted by Gasteiger charge is -2.14. The third kappa shape index (κ3) is 2.66. The fourth-order valence-corrected chi connectivity index (χ4v) is 1.17. The number of primary amides is 1. The minimum atomic E-state index is -0.976. The van der Waals surface area contributed by atoms with Gasteiger partial charge < -0.3 is 16.8 Å². The number of anilines is 1. The standard InChI is InChI=1S/C10H13F2N3O/c1-5(4-13)15-9-2-6(10(14)16)7(11)3-8(9)12/h2-3,5,15H,4,13H2,1H3,(H2,14,16). The molecule has 0 bridgehead atoms. The number of nitrogens with two attached hydrogens (primary N) is 2. The summed E-state index contributed by atoms with van der Waals surface area (Å²) in [5.41, 5.74) is 9.94. The monoisotopic (exact) mass is 229 g/mol. The number of hydrogen-bond donors (Lipinski definition) is 3. The zero-order valence-electron chi connectivity index (χ0n) is 8.76. The van der Waals surface area contributed by atoms with E-state index in [9.17, 15) is 13.6 Å². The molecule has 5 N–H and O–H groups in total. The Morgan fingerprint density at radius 2 is 2.06 bits per heavy atom. The van der Waals surface area contributed by atoms with Crippen LogP contribution in [0.2, 0.25) is 0 Å². The van der Waals surface area contributed by atoms with Crippen molar-refractivity contribution in [1.29, 1.82) is 0 Å². The van der Waals surface area contributed by atoms with Gasteiger partial charge in [0.2, 0.25) is 0 Å². The number of rotatable bonds is 4. The maximum absolute atomic E-state index is 13.3. The molecule has 0 fully saturated rings. The molecule has 0 aromatic heterocycles. The minimum Gasteiger partial charge on any atom is -0.379 e. The van der Waals surface area contributed by atoms with E-state index in [4.69, 9.17) is 11.5 Å². The first-order chi connectivity index (χ1) is 7.45. The van der Waals surface area contributed by atoms with Gasteiger partial charge in [0.05, 0.1) is 11.3 Å². The summed E-state index contributed by atoms with van der Waals surface area (Å²) in [5, 5.41) is 2.71. The van der Waals surface area contributed by atoms with Crippen LogP contribution in [0.4, 0.5) is 14.5 Å². The Hall–Kier alpha value is -1.69. The number of benzene rings is 1. The van der Waals surface area contributed by atoms with Crippen molar-refractivity contribution in [1.82, 2.24) is 0 Å². The van der Waals surface area contributed by atoms with Gasteiger partial charge in [0.15, 0.2) is 0 Å². The van der Waals surface area contributed by atoms with Crippen LogP contribution in [0.3, 0.4) is 0 Å². The second-order valence-corrected chi connectivity index (χ2v) is 3.46. The van der Waals surface area contributed by atoms with E-state index in [0.29, 0.717) is 6.07 Å². The van der Waals surface area contributed by atoms with Crippen LogP contribution in [0.1, 0.15) is 17.3 Å². The highest BCUT2D eigenvalue weighted by Crippen LogP contribution is 2.19. The predicted molar refractivity (Wildman–Crippen MR) is 57.0 cm³/mol. The van der Waals surface area contributed by atoms with Gasteiger partial charge >= 0.3 is 0 Å². The van der Waals surface area contributed by atoms with Crippen LogP contribution >= 0.6 is 0 Å². The maximum Gasteiger partial charge on any atom is 0.251 e. The van der Waals surface area contributed by atoms with E-state index in [1.807, 2.05) is 0 Å². The van der Waals surface area contributed by atoms with Gasteiger partial charge in [-0.1, -0.05) is 0 Å². The lowest BCUT2D eigenvalue weighted by Crippen LogP contribution is -2.26. The van der Waals surface area contributed by atoms with Gasteiger partial charge in [-0.2, -0.15) is 0 Å². The van der Waals surface area contributed by atoms with E-state index in [0.717, 1.165) is 6.07 Å². The van der Waals surface area contributed by atoms with Crippen LogP contribution < -0.4 is 16.8 Å². The molecule has 1 atom stereocenters. The third-order valence-electron chi connectivity index (χ3n) is 2.08. The van der Waals surface area contributed by atoms with Crippen molar-refractivity contribution in [2.45, 2.75) is 13.0 Å². The molecule has 6 heteroatoms. The fourth-order valence-electron chi connectivity index (χ4n) is 1.17. The van der Waals surface area contributed by atoms with Crippen molar-refractivity contribution in [3.05, 3.63) is 29.3 Å². The van der Waals surface area contributed by atoms with Crippen LogP contribution in [0, 0.1) is 11.6 Å². The molecule has 0 saturated heterocycles. The average Bonchev–Trinajstić information content (AvgIpc) is 2.21. The van der Waals surface area contributed by atoms with Crippen molar-refractivity contribution in [2.24, 2.45) is 11.5 Å². The topological polar surface area (TPSA) is 81.1 Å². The maximum atomic E-state index is 13.3. The highest BCUT2D eigenvalue weighted by atomic mass is 19.1. The molecule has 1 amide bonds. The van der Waals surface area contributed by atoms with E-state index in [1.165, 1.54) is 0 Å². The lowest BCUT2D eigenvalue weighted by molar-refractivity contribution is 0.0996. The summed E-state index contributed by atoms with van der Waals surface area (Å²) in [5.74, 6) is -2.71. The van der Waals surface area contributed by atoms with Gasteiger partial charge in [-0.25, -0.2) is 8.78 Å². The number of halogens is 2. The summed E-state index contributed by atoms with van der Waals surface area (Å²) in [7, 11) is 0. The zero-order valence-corrected chi connectivity index (χ0v) is 8.76. The Morgan fingerprint density at radius 3 is 2.56 bits per heavy atom. The second-order valence-electron chi connectivity index (χ2n) is 3.46. The first-order valence-corrected chi connectivity index (χ1v) is 4.71. The molecule has 88 valence electrons. The molecule has 4 nitrogen and oxygen atoms in total. The SMILES string of the molecule is CC(CN)Nc1cc(C(N)=O)c(F)cc1F. The van der Waals surface area contributed by atoms with Crippen LogP contribution in [-0.4, -0.2) is 18.5 Å². The highest BCUT2D eigenvalue weighted by molar-refractivity contribution is 5.94. The van der Waals surface area contributed by atoms with Crippen LogP contribution in [0.15, 0.2) is 12.1 Å². The molecule has 1 aromatic rings. The van der Waals surface area contributed by atoms with E-state index >= 15 is 0 Å². The first kappa shape index (κ1) is 12.4. The minimum absolute atomic E-state index is 0.00755. The molecule has 0 aliphatic heterocycles. The van der Waals surface area contributed by atoms with Crippen LogP contribution in [0.25, 0.3) is 0 Å². The van der Waals surface area contributed by atoms with E-state index in [2.05, 4.69) is 5.32 Å².